The molecule has 1 aliphatic heterocycles. The zero-order chi connectivity index (χ0) is 45.3. The lowest BCUT2D eigenvalue weighted by Gasteiger charge is -2.25. The van der Waals surface area contributed by atoms with E-state index in [-0.39, 0.29) is 4.34 Å². The van der Waals surface area contributed by atoms with E-state index in [4.69, 9.17) is 19.2 Å². The number of carboxylic acid groups (broad SMARTS) is 1. The fourth-order valence-corrected chi connectivity index (χ4v) is 5.51. The van der Waals surface area contributed by atoms with Gasteiger partial charge in [0.15, 0.2) is 35.4 Å². The zero-order valence-electron chi connectivity index (χ0n) is 27.6. The number of carbonyl (C=O) groups is 5. The number of esters is 2. The molecule has 35 heteroatoms. The molecule has 0 saturated carbocycles. The summed E-state index contributed by atoms with van der Waals surface area (Å²) in [4.78, 5) is 66.2. The maximum Gasteiger partial charge on any atom is 0.585 e. The van der Waals surface area contributed by atoms with Crippen LogP contribution in [-0.4, -0.2) is 109 Å². The third kappa shape index (κ3) is 11.9. The van der Waals surface area contributed by atoms with Gasteiger partial charge in [-0.15, -0.1) is 4.34 Å². The predicted octanol–water partition coefficient (Wildman–Crippen LogP) is 1.88. The van der Waals surface area contributed by atoms with Gasteiger partial charge >= 0.3 is 62.4 Å². The number of nitrogens with zero attached hydrogens (tertiary/aromatic N) is 6. The molecular formula is C24H15F15N7O12P. The second-order valence-electron chi connectivity index (χ2n) is 10.7. The summed E-state index contributed by atoms with van der Waals surface area (Å²) >= 11 is 0. The second kappa shape index (κ2) is 16.8. The molecule has 1 unspecified atom stereocenters. The van der Waals surface area contributed by atoms with E-state index in [1.165, 1.54) is 12.4 Å². The number of aromatic nitrogens is 6. The van der Waals surface area contributed by atoms with Crippen molar-refractivity contribution in [2.24, 2.45) is 7.05 Å². The normalized spacial score (nSPS) is 19.9. The van der Waals surface area contributed by atoms with E-state index in [9.17, 15) is 89.6 Å². The van der Waals surface area contributed by atoms with Crippen LogP contribution in [0.4, 0.5) is 71.7 Å². The highest BCUT2D eigenvalue weighted by Crippen LogP contribution is 2.51. The van der Waals surface area contributed by atoms with Crippen molar-refractivity contribution in [2.45, 2.75) is 55.4 Å². The van der Waals surface area contributed by atoms with Crippen molar-refractivity contribution in [1.82, 2.24) is 23.9 Å². The Morgan fingerprint density at radius 3 is 1.80 bits per heavy atom. The van der Waals surface area contributed by atoms with Gasteiger partial charge in [-0.3, -0.25) is 13.9 Å². The molecule has 328 valence electrons. The average molecular weight is 909 g/mol. The summed E-state index contributed by atoms with van der Waals surface area (Å²) < 4.78 is 227. The third-order valence-corrected chi connectivity index (χ3v) is 8.13. The molecule has 0 aromatic carbocycles. The first kappa shape index (κ1) is 47.6. The van der Waals surface area contributed by atoms with E-state index in [1.807, 2.05) is 0 Å². The maximum absolute atomic E-state index is 13.5. The van der Waals surface area contributed by atoms with E-state index < -0.39 is 117 Å². The van der Waals surface area contributed by atoms with Crippen LogP contribution in [0.5, 0.6) is 0 Å². The van der Waals surface area contributed by atoms with E-state index in [0.717, 1.165) is 10.8 Å². The van der Waals surface area contributed by atoms with Crippen LogP contribution < -0.4 is 15.0 Å². The highest BCUT2D eigenvalue weighted by molar-refractivity contribution is 7.52. The van der Waals surface area contributed by atoms with Crippen LogP contribution in [0.1, 0.15) is 6.23 Å². The second-order valence-corrected chi connectivity index (χ2v) is 12.5. The smallest absolute Gasteiger partial charge is 0.542 e. The number of aliphatic carboxylic acids is 1. The first-order valence-corrected chi connectivity index (χ1v) is 15.8. The van der Waals surface area contributed by atoms with Crippen LogP contribution in [0.25, 0.3) is 11.2 Å². The molecular weight excluding hydrogens is 894 g/mol. The van der Waals surface area contributed by atoms with Crippen molar-refractivity contribution in [3.63, 3.8) is 0 Å². The Labute approximate surface area is 312 Å². The number of alkyl halides is 15. The summed E-state index contributed by atoms with van der Waals surface area (Å²) in [6, 6.07) is 0. The number of fused-ring (bicyclic) bond motifs is 1. The molecule has 1 amide bonds. The van der Waals surface area contributed by atoms with Gasteiger partial charge in [-0.25, -0.2) is 38.5 Å². The Hall–Kier alpha value is -5.79. The number of hydrogen-bond acceptors (Lipinski definition) is 15. The highest BCUT2D eigenvalue weighted by atomic mass is 31.2. The van der Waals surface area contributed by atoms with Crippen LogP contribution in [0.15, 0.2) is 31.4 Å². The van der Waals surface area contributed by atoms with E-state index in [2.05, 4.69) is 28.9 Å². The Kier molecular flexibility index (Phi) is 13.6. The predicted molar refractivity (Wildman–Crippen MR) is 144 cm³/mol. The number of anilines is 1. The molecule has 0 aliphatic carbocycles. The van der Waals surface area contributed by atoms with Gasteiger partial charge in [0.2, 0.25) is 0 Å². The highest BCUT2D eigenvalue weighted by Gasteiger charge is 2.58. The van der Waals surface area contributed by atoms with Gasteiger partial charge in [-0.1, -0.05) is 0 Å². The molecule has 0 radical (unpaired) electrons. The van der Waals surface area contributed by atoms with Gasteiger partial charge in [0, 0.05) is 0 Å². The van der Waals surface area contributed by atoms with Crippen LogP contribution in [0.3, 0.4) is 0 Å². The van der Waals surface area contributed by atoms with Crippen molar-refractivity contribution >= 4 is 54.5 Å². The monoisotopic (exact) mass is 909 g/mol. The van der Waals surface area contributed by atoms with Gasteiger partial charge in [-0.05, 0) is 0 Å². The number of ether oxygens (including phenoxy) is 3. The van der Waals surface area contributed by atoms with Gasteiger partial charge < -0.3 is 34.0 Å². The molecule has 0 bridgehead atoms. The van der Waals surface area contributed by atoms with Crippen LogP contribution in [-0.2, 0) is 58.8 Å². The summed E-state index contributed by atoms with van der Waals surface area (Å²) in [6.45, 7) is -1.69. The van der Waals surface area contributed by atoms with Crippen LogP contribution >= 0.6 is 7.75 Å². The topological polar surface area (TPSA) is 236 Å². The summed E-state index contributed by atoms with van der Waals surface area (Å²) in [5.74, 6) is -16.1. The fourth-order valence-electron chi connectivity index (χ4n) is 4.07. The van der Waals surface area contributed by atoms with Crippen molar-refractivity contribution in [3.8, 4) is 0 Å². The largest absolute Gasteiger partial charge is 0.585 e. The molecule has 1 N–H and O–H groups in total. The maximum atomic E-state index is 13.5. The molecule has 5 atom stereocenters. The van der Waals surface area contributed by atoms with Crippen LogP contribution in [0, 0.1) is 0 Å². The molecule has 4 heterocycles. The van der Waals surface area contributed by atoms with Crippen LogP contribution in [0.2, 0.25) is 0 Å². The molecule has 4 rings (SSSR count). The minimum absolute atomic E-state index is 0.234. The number of hydrogen-bond donors (Lipinski definition) is 1. The summed E-state index contributed by atoms with van der Waals surface area (Å²) in [5.41, 5.74) is -1.59. The Morgan fingerprint density at radius 2 is 1.34 bits per heavy atom. The van der Waals surface area contributed by atoms with Crippen molar-refractivity contribution in [2.75, 3.05) is 11.9 Å². The quantitative estimate of drug-likeness (QED) is 0.140. The molecule has 3 aromatic rings. The zero-order valence-corrected chi connectivity index (χ0v) is 28.5. The summed E-state index contributed by atoms with van der Waals surface area (Å²) in [5, 5.41) is 10.1. The van der Waals surface area contributed by atoms with Gasteiger partial charge in [-0.2, -0.15) is 65.9 Å². The number of aryl methyl sites for hydroxylation is 1. The first-order chi connectivity index (χ1) is 26.7. The lowest BCUT2D eigenvalue weighted by molar-refractivity contribution is -0.670. The minimum Gasteiger partial charge on any atom is -0.542 e. The number of carboxylic acids is 1. The Morgan fingerprint density at radius 1 is 0.814 bits per heavy atom. The van der Waals surface area contributed by atoms with Gasteiger partial charge in [0.25, 0.3) is 6.33 Å². The Bertz CT molecular complexity index is 2110. The van der Waals surface area contributed by atoms with Gasteiger partial charge in [0.1, 0.15) is 30.8 Å². The molecule has 0 spiro atoms. The lowest BCUT2D eigenvalue weighted by atomic mass is 10.1. The molecule has 1 aliphatic rings. The molecule has 59 heavy (non-hydrogen) atoms. The molecule has 1 saturated heterocycles. The SMILES string of the molecule is C[n+]1ccn(P(=O)(OC[C@H]2O[C@@H](n3cnc4c(NC(=O)C(F)(F)F)ncnc43)[C@H](OC(=O)C(F)(F)F)[C@@H]2OC(=O)C(F)(F)F)OC(=O)C(F)(F)F)c1.O=C([O-])C(F)(F)F. The number of halogens is 15. The van der Waals surface area contributed by atoms with Gasteiger partial charge in [0.05, 0.1) is 20.0 Å². The van der Waals surface area contributed by atoms with Crippen molar-refractivity contribution < 1.29 is 127 Å². The first-order valence-electron chi connectivity index (χ1n) is 14.3. The fraction of sp³-hybridized carbons (Fsp3) is 0.458. The lowest BCUT2D eigenvalue weighted by Crippen LogP contribution is -2.45. The molecule has 1 fully saturated rings. The van der Waals surface area contributed by atoms with E-state index in [1.54, 1.807) is 0 Å². The molecule has 3 aromatic heterocycles. The number of imidazole rings is 2. The van der Waals surface area contributed by atoms with Crippen molar-refractivity contribution in [3.05, 3.63) is 31.4 Å². The van der Waals surface area contributed by atoms with E-state index >= 15 is 0 Å². The Balaban J connectivity index is 0.00000122. The number of nitrogens with one attached hydrogen (secondary N) is 1. The standard InChI is InChI=1S/C22H14F12N7O10P.C2HF3O2/c1-39-2-3-40(7-39)52(46,51-18(45)22(32,33)34)47-4-8-10(49-16(43)20(26,27)28)11(50-17(44)21(29,30)31)14(48-8)41-6-37-9-12(35-5-36-13(9)41)38-15(42)19(23,24)25;3-2(4,5)1(6)7/h2-3,5-8,10-11,14H,4H2,1H3;(H,6,7)/t8-,10-,11-,14-,52?;/m1./s1. The average Bonchev–Trinajstić information content (AvgIpc) is 3.80. The number of carbonyl (C=O) groups excluding carboxylic acids is 5. The summed E-state index contributed by atoms with van der Waals surface area (Å²) in [6.07, 6.45) is -35.9. The van der Waals surface area contributed by atoms with Crippen molar-refractivity contribution in [1.29, 1.82) is 0 Å². The molecule has 19 nitrogen and oxygen atoms in total. The summed E-state index contributed by atoms with van der Waals surface area (Å²) in [7, 11) is -4.44. The minimum atomic E-state index is -5.93. The van der Waals surface area contributed by atoms with E-state index in [0.29, 0.717) is 29.7 Å². The number of rotatable bonds is 9. The number of amides is 1. The third-order valence-electron chi connectivity index (χ3n) is 6.46.